The van der Waals surface area contributed by atoms with Crippen LogP contribution in [-0.2, 0) is 4.84 Å². The largest absolute Gasteiger partial charge is 0.734 e. The Morgan fingerprint density at radius 1 is 1.67 bits per heavy atom. The highest BCUT2D eigenvalue weighted by Gasteiger charge is 1.93. The molecule has 0 saturated carbocycles. The standard InChI is InChI=1S/C6H12NO2/c1-5(2)7(8)9-6(3)4/h6H,1H2,2-4H3/q-1. The van der Waals surface area contributed by atoms with Gasteiger partial charge in [-0.2, -0.15) is 0 Å². The van der Waals surface area contributed by atoms with E-state index in [1.54, 1.807) is 20.8 Å². The smallest absolute Gasteiger partial charge is 0.0790 e. The van der Waals surface area contributed by atoms with Gasteiger partial charge >= 0.3 is 0 Å². The molecule has 0 saturated heterocycles. The summed E-state index contributed by atoms with van der Waals surface area (Å²) in [6.07, 6.45) is -0.0841. The van der Waals surface area contributed by atoms with Gasteiger partial charge in [0.2, 0.25) is 0 Å². The van der Waals surface area contributed by atoms with Gasteiger partial charge in [-0.1, -0.05) is 6.58 Å². The third-order valence-electron chi connectivity index (χ3n) is 0.618. The predicted octanol–water partition coefficient (Wildman–Crippen LogP) is 1.66. The van der Waals surface area contributed by atoms with Gasteiger partial charge in [-0.25, -0.2) is 0 Å². The third-order valence-corrected chi connectivity index (χ3v) is 0.618. The Kier molecular flexibility index (Phi) is 3.27. The summed E-state index contributed by atoms with van der Waals surface area (Å²) in [5, 5.41) is 11.0. The summed E-state index contributed by atoms with van der Waals surface area (Å²) in [4.78, 5) is 4.69. The van der Waals surface area contributed by atoms with Crippen LogP contribution in [0, 0.1) is 5.21 Å². The van der Waals surface area contributed by atoms with Gasteiger partial charge in [-0.15, -0.1) is 0 Å². The zero-order valence-electron chi connectivity index (χ0n) is 6.05. The van der Waals surface area contributed by atoms with Crippen molar-refractivity contribution in [3.63, 3.8) is 0 Å². The molecule has 9 heavy (non-hydrogen) atoms. The van der Waals surface area contributed by atoms with Crippen LogP contribution in [0.25, 0.3) is 0 Å². The molecule has 0 radical (unpaired) electrons. The molecule has 0 rings (SSSR count). The van der Waals surface area contributed by atoms with Gasteiger partial charge < -0.3 is 10.4 Å². The maximum atomic E-state index is 10.5. The van der Waals surface area contributed by atoms with Crippen LogP contribution in [0.3, 0.4) is 0 Å². The molecule has 0 aromatic rings. The first-order valence-electron chi connectivity index (χ1n) is 2.83. The molecule has 0 fully saturated rings. The minimum atomic E-state index is -0.0841. The molecule has 3 heteroatoms. The number of allylic oxidation sites excluding steroid dienone is 1. The molecule has 0 aromatic heterocycles. The Morgan fingerprint density at radius 3 is 2.22 bits per heavy atom. The van der Waals surface area contributed by atoms with E-state index in [9.17, 15) is 5.21 Å². The zero-order valence-corrected chi connectivity index (χ0v) is 6.05. The highest BCUT2D eigenvalue weighted by Crippen LogP contribution is 2.01. The fourth-order valence-corrected chi connectivity index (χ4v) is 0.281. The van der Waals surface area contributed by atoms with Crippen molar-refractivity contribution in [2.75, 3.05) is 0 Å². The molecule has 0 unspecified atom stereocenters. The van der Waals surface area contributed by atoms with Gasteiger partial charge in [0, 0.05) is 5.70 Å². The molecular weight excluding hydrogens is 118 g/mol. The average Bonchev–Trinajstić information content (AvgIpc) is 1.63. The van der Waals surface area contributed by atoms with Crippen LogP contribution in [0.1, 0.15) is 20.8 Å². The summed E-state index contributed by atoms with van der Waals surface area (Å²) in [7, 11) is 0. The summed E-state index contributed by atoms with van der Waals surface area (Å²) in [6, 6.07) is 0. The minimum Gasteiger partial charge on any atom is -0.734 e. The molecule has 54 valence electrons. The highest BCUT2D eigenvalue weighted by molar-refractivity contribution is 4.83. The lowest BCUT2D eigenvalue weighted by Crippen LogP contribution is -2.18. The maximum absolute atomic E-state index is 10.5. The van der Waals surface area contributed by atoms with Gasteiger partial charge in [-0.3, -0.25) is 4.84 Å². The van der Waals surface area contributed by atoms with Gasteiger partial charge in [0.15, 0.2) is 0 Å². The summed E-state index contributed by atoms with van der Waals surface area (Å²) in [6.45, 7) is 8.56. The predicted molar refractivity (Wildman–Crippen MR) is 36.2 cm³/mol. The number of hydrogen-bond acceptors (Lipinski definition) is 3. The topological polar surface area (TPSA) is 35.5 Å². The van der Waals surface area contributed by atoms with E-state index in [4.69, 9.17) is 0 Å². The van der Waals surface area contributed by atoms with Crippen molar-refractivity contribution in [1.29, 1.82) is 0 Å². The quantitative estimate of drug-likeness (QED) is 0.545. The van der Waals surface area contributed by atoms with Crippen molar-refractivity contribution in [3.05, 3.63) is 17.5 Å². The fraction of sp³-hybridized carbons (Fsp3) is 0.667. The van der Waals surface area contributed by atoms with Crippen LogP contribution in [0.4, 0.5) is 0 Å². The second-order valence-electron chi connectivity index (χ2n) is 2.15. The van der Waals surface area contributed by atoms with Gasteiger partial charge in [0.25, 0.3) is 0 Å². The van der Waals surface area contributed by atoms with E-state index in [1.165, 1.54) is 0 Å². The molecule has 0 heterocycles. The lowest BCUT2D eigenvalue weighted by atomic mass is 10.5. The lowest BCUT2D eigenvalue weighted by Gasteiger charge is -2.30. The highest BCUT2D eigenvalue weighted by atomic mass is 16.9. The number of nitrogens with zero attached hydrogens (tertiary/aromatic N) is 1. The van der Waals surface area contributed by atoms with Crippen LogP contribution in [0.5, 0.6) is 0 Å². The van der Waals surface area contributed by atoms with E-state index in [0.717, 1.165) is 0 Å². The van der Waals surface area contributed by atoms with E-state index in [0.29, 0.717) is 10.9 Å². The second-order valence-corrected chi connectivity index (χ2v) is 2.15. The van der Waals surface area contributed by atoms with Crippen molar-refractivity contribution in [3.8, 4) is 0 Å². The SMILES string of the molecule is C=C(C)N([O-])OC(C)C. The van der Waals surface area contributed by atoms with Gasteiger partial charge in [0.1, 0.15) is 0 Å². The zero-order chi connectivity index (χ0) is 7.44. The van der Waals surface area contributed by atoms with Gasteiger partial charge in [0.05, 0.1) is 6.10 Å². The summed E-state index contributed by atoms with van der Waals surface area (Å²) >= 11 is 0. The van der Waals surface area contributed by atoms with Crippen molar-refractivity contribution >= 4 is 0 Å². The Morgan fingerprint density at radius 2 is 2.11 bits per heavy atom. The maximum Gasteiger partial charge on any atom is 0.0790 e. The first-order valence-corrected chi connectivity index (χ1v) is 2.83. The van der Waals surface area contributed by atoms with Crippen molar-refractivity contribution in [2.45, 2.75) is 26.9 Å². The van der Waals surface area contributed by atoms with Crippen LogP contribution < -0.4 is 0 Å². The molecule has 0 aliphatic carbocycles. The molecule has 0 atom stereocenters. The minimum absolute atomic E-state index is 0.0841. The van der Waals surface area contributed by atoms with E-state index >= 15 is 0 Å². The lowest BCUT2D eigenvalue weighted by molar-refractivity contribution is -0.126. The second kappa shape index (κ2) is 3.48. The van der Waals surface area contributed by atoms with Crippen molar-refractivity contribution < 1.29 is 4.84 Å². The average molecular weight is 130 g/mol. The first-order chi connectivity index (χ1) is 4.04. The molecule has 0 amide bonds. The number of hydrogen-bond donors (Lipinski definition) is 0. The summed E-state index contributed by atoms with van der Waals surface area (Å²) < 4.78 is 0. The Balaban J connectivity index is 3.50. The monoisotopic (exact) mass is 130 g/mol. The molecule has 0 spiro atoms. The van der Waals surface area contributed by atoms with Crippen LogP contribution in [0.2, 0.25) is 0 Å². The summed E-state index contributed by atoms with van der Waals surface area (Å²) in [5.41, 5.74) is 0.365. The van der Waals surface area contributed by atoms with Crippen LogP contribution >= 0.6 is 0 Å². The summed E-state index contributed by atoms with van der Waals surface area (Å²) in [5.74, 6) is 0. The van der Waals surface area contributed by atoms with Crippen molar-refractivity contribution in [1.82, 2.24) is 5.23 Å². The number of rotatable bonds is 3. The molecule has 0 aliphatic heterocycles. The normalized spacial score (nSPS) is 9.89. The van der Waals surface area contributed by atoms with Crippen LogP contribution in [0.15, 0.2) is 12.3 Å². The van der Waals surface area contributed by atoms with E-state index in [2.05, 4.69) is 11.4 Å². The van der Waals surface area contributed by atoms with E-state index < -0.39 is 0 Å². The third kappa shape index (κ3) is 4.00. The van der Waals surface area contributed by atoms with E-state index in [1.807, 2.05) is 0 Å². The Bertz CT molecular complexity index is 101. The fourth-order valence-electron chi connectivity index (χ4n) is 0.281. The molecule has 3 nitrogen and oxygen atoms in total. The Hall–Kier alpha value is -0.540. The van der Waals surface area contributed by atoms with Crippen LogP contribution in [-0.4, -0.2) is 11.3 Å². The molecular formula is C6H12NO2-. The number of hydroxylamine groups is 2. The van der Waals surface area contributed by atoms with Gasteiger partial charge in [-0.05, 0) is 20.8 Å². The molecule has 0 aromatic carbocycles. The Labute approximate surface area is 55.5 Å². The van der Waals surface area contributed by atoms with Crippen molar-refractivity contribution in [2.24, 2.45) is 0 Å². The first kappa shape index (κ1) is 8.46. The van der Waals surface area contributed by atoms with E-state index in [-0.39, 0.29) is 6.10 Å². The molecule has 0 N–H and O–H groups in total. The molecule has 0 aliphatic rings. The molecule has 0 bridgehead atoms.